The lowest BCUT2D eigenvalue weighted by molar-refractivity contribution is 0.150. The third-order valence-corrected chi connectivity index (χ3v) is 4.09. The van der Waals surface area contributed by atoms with Gasteiger partial charge in [-0.1, -0.05) is 13.8 Å². The lowest BCUT2D eigenvalue weighted by Crippen LogP contribution is -2.08. The Kier molecular flexibility index (Phi) is 9.84. The van der Waals surface area contributed by atoms with Gasteiger partial charge < -0.3 is 13.8 Å². The van der Waals surface area contributed by atoms with E-state index in [1.807, 2.05) is 20.8 Å². The standard InChI is InChI=1S/C12H24ClO4P/c1-5-7-15-18(14,16-8-6-2)10-12(4)17-11(3)9-13/h10-11H,5-9H2,1-4H3/b12-10+/t11-/m1/s1. The Hall–Kier alpha value is -0.0200. The van der Waals surface area contributed by atoms with Crippen molar-refractivity contribution in [3.8, 4) is 0 Å². The predicted molar refractivity (Wildman–Crippen MR) is 75.1 cm³/mol. The van der Waals surface area contributed by atoms with Crippen LogP contribution < -0.4 is 0 Å². The van der Waals surface area contributed by atoms with Crippen LogP contribution in [0.25, 0.3) is 0 Å². The average Bonchev–Trinajstić information content (AvgIpc) is 2.33. The molecule has 0 aromatic carbocycles. The second-order valence-corrected chi connectivity index (χ2v) is 6.19. The molecule has 0 radical (unpaired) electrons. The third-order valence-electron chi connectivity index (χ3n) is 1.90. The molecule has 18 heavy (non-hydrogen) atoms. The molecule has 0 spiro atoms. The molecular weight excluding hydrogens is 275 g/mol. The van der Waals surface area contributed by atoms with E-state index in [0.29, 0.717) is 24.9 Å². The highest BCUT2D eigenvalue weighted by molar-refractivity contribution is 7.57. The second-order valence-electron chi connectivity index (χ2n) is 4.03. The maximum absolute atomic E-state index is 12.4. The molecule has 0 saturated carbocycles. The summed E-state index contributed by atoms with van der Waals surface area (Å²) in [4.78, 5) is 0. The molecule has 0 aliphatic carbocycles. The molecule has 0 aliphatic heterocycles. The molecule has 1 atom stereocenters. The van der Waals surface area contributed by atoms with Crippen LogP contribution in [0.2, 0.25) is 0 Å². The van der Waals surface area contributed by atoms with Crippen LogP contribution in [0.5, 0.6) is 0 Å². The van der Waals surface area contributed by atoms with Crippen LogP contribution in [0.4, 0.5) is 0 Å². The van der Waals surface area contributed by atoms with Gasteiger partial charge in [0.2, 0.25) is 0 Å². The van der Waals surface area contributed by atoms with Crippen molar-refractivity contribution in [1.29, 1.82) is 0 Å². The Morgan fingerprint density at radius 3 is 2.17 bits per heavy atom. The molecular formula is C12H24ClO4P. The first-order chi connectivity index (χ1) is 8.47. The zero-order chi connectivity index (χ0) is 14.0. The van der Waals surface area contributed by atoms with Crippen molar-refractivity contribution < 1.29 is 18.3 Å². The molecule has 0 amide bonds. The number of rotatable bonds is 10. The number of hydrogen-bond donors (Lipinski definition) is 0. The van der Waals surface area contributed by atoms with Gasteiger partial charge in [-0.05, 0) is 26.7 Å². The predicted octanol–water partition coefficient (Wildman–Crippen LogP) is 4.54. The Labute approximate surface area is 115 Å². The fraction of sp³-hybridized carbons (Fsp3) is 0.833. The van der Waals surface area contributed by atoms with Crippen molar-refractivity contribution >= 4 is 19.2 Å². The normalized spacial score (nSPS) is 14.6. The molecule has 0 rings (SSSR count). The summed E-state index contributed by atoms with van der Waals surface area (Å²) in [5.41, 5.74) is 0. The zero-order valence-electron chi connectivity index (χ0n) is 11.6. The summed E-state index contributed by atoms with van der Waals surface area (Å²) in [6.45, 7) is 8.26. The molecule has 0 saturated heterocycles. The summed E-state index contributed by atoms with van der Waals surface area (Å²) < 4.78 is 28.5. The van der Waals surface area contributed by atoms with E-state index in [-0.39, 0.29) is 6.10 Å². The van der Waals surface area contributed by atoms with Gasteiger partial charge in [0, 0.05) is 0 Å². The lowest BCUT2D eigenvalue weighted by Gasteiger charge is -2.17. The van der Waals surface area contributed by atoms with E-state index < -0.39 is 7.60 Å². The molecule has 0 aromatic heterocycles. The fourth-order valence-electron chi connectivity index (χ4n) is 1.15. The maximum Gasteiger partial charge on any atom is 0.357 e. The summed E-state index contributed by atoms with van der Waals surface area (Å²) in [5, 5.41) is 0. The first-order valence-electron chi connectivity index (χ1n) is 6.28. The minimum absolute atomic E-state index is 0.131. The van der Waals surface area contributed by atoms with Crippen molar-refractivity contribution in [1.82, 2.24) is 0 Å². The van der Waals surface area contributed by atoms with Gasteiger partial charge >= 0.3 is 7.60 Å². The molecule has 0 bridgehead atoms. The van der Waals surface area contributed by atoms with Crippen molar-refractivity contribution in [2.75, 3.05) is 19.1 Å². The number of hydrogen-bond acceptors (Lipinski definition) is 4. The Bertz CT molecular complexity index is 282. The molecule has 0 N–H and O–H groups in total. The summed E-state index contributed by atoms with van der Waals surface area (Å²) in [6, 6.07) is 0. The Morgan fingerprint density at radius 1 is 1.28 bits per heavy atom. The Balaban J connectivity index is 4.63. The molecule has 0 aromatic rings. The molecule has 108 valence electrons. The van der Waals surface area contributed by atoms with Crippen molar-refractivity contribution in [3.05, 3.63) is 11.6 Å². The van der Waals surface area contributed by atoms with E-state index in [9.17, 15) is 4.57 Å². The number of allylic oxidation sites excluding steroid dienone is 1. The number of halogens is 1. The van der Waals surface area contributed by atoms with Crippen LogP contribution in [0.3, 0.4) is 0 Å². The summed E-state index contributed by atoms with van der Waals surface area (Å²) in [5.74, 6) is 2.32. The molecule has 0 unspecified atom stereocenters. The quantitative estimate of drug-likeness (QED) is 0.337. The van der Waals surface area contributed by atoms with Gasteiger partial charge in [-0.3, -0.25) is 4.57 Å². The molecule has 0 aliphatic rings. The van der Waals surface area contributed by atoms with Crippen LogP contribution in [0, 0.1) is 0 Å². The van der Waals surface area contributed by atoms with Gasteiger partial charge in [-0.15, -0.1) is 11.6 Å². The Morgan fingerprint density at radius 2 is 1.78 bits per heavy atom. The van der Waals surface area contributed by atoms with Crippen LogP contribution >= 0.6 is 19.2 Å². The largest absolute Gasteiger partial charge is 0.494 e. The monoisotopic (exact) mass is 298 g/mol. The van der Waals surface area contributed by atoms with E-state index in [0.717, 1.165) is 12.8 Å². The molecule has 0 heterocycles. The van der Waals surface area contributed by atoms with E-state index >= 15 is 0 Å². The van der Waals surface area contributed by atoms with Crippen molar-refractivity contribution in [2.24, 2.45) is 0 Å². The SMILES string of the molecule is CCCOP(=O)(/C=C(\C)O[C@H](C)CCl)OCCC. The van der Waals surface area contributed by atoms with E-state index in [1.54, 1.807) is 6.92 Å². The topological polar surface area (TPSA) is 44.8 Å². The van der Waals surface area contributed by atoms with Crippen molar-refractivity contribution in [3.63, 3.8) is 0 Å². The van der Waals surface area contributed by atoms with Gasteiger partial charge in [0.05, 0.1) is 24.9 Å². The zero-order valence-corrected chi connectivity index (χ0v) is 13.3. The van der Waals surface area contributed by atoms with Gasteiger partial charge in [-0.2, -0.15) is 0 Å². The first kappa shape index (κ1) is 18.0. The smallest absolute Gasteiger partial charge is 0.357 e. The summed E-state index contributed by atoms with van der Waals surface area (Å²) in [7, 11) is -3.21. The van der Waals surface area contributed by atoms with Gasteiger partial charge in [-0.25, -0.2) is 0 Å². The maximum atomic E-state index is 12.4. The van der Waals surface area contributed by atoms with Crippen LogP contribution in [0.15, 0.2) is 11.6 Å². The van der Waals surface area contributed by atoms with E-state index in [1.165, 1.54) is 5.82 Å². The van der Waals surface area contributed by atoms with E-state index in [4.69, 9.17) is 25.4 Å². The minimum atomic E-state index is -3.21. The summed E-state index contributed by atoms with van der Waals surface area (Å²) >= 11 is 5.65. The molecule has 0 fully saturated rings. The van der Waals surface area contributed by atoms with Gasteiger partial charge in [0.1, 0.15) is 11.9 Å². The van der Waals surface area contributed by atoms with Crippen LogP contribution in [0.1, 0.15) is 40.5 Å². The van der Waals surface area contributed by atoms with Gasteiger partial charge in [0.15, 0.2) is 0 Å². The minimum Gasteiger partial charge on any atom is -0.494 e. The highest BCUT2D eigenvalue weighted by Crippen LogP contribution is 2.51. The van der Waals surface area contributed by atoms with Crippen molar-refractivity contribution in [2.45, 2.75) is 46.6 Å². The van der Waals surface area contributed by atoms with Crippen LogP contribution in [-0.4, -0.2) is 25.2 Å². The molecule has 6 heteroatoms. The summed E-state index contributed by atoms with van der Waals surface area (Å²) in [6.07, 6.45) is 1.44. The van der Waals surface area contributed by atoms with Gasteiger partial charge in [0.25, 0.3) is 0 Å². The second kappa shape index (κ2) is 9.85. The van der Waals surface area contributed by atoms with E-state index in [2.05, 4.69) is 0 Å². The number of ether oxygens (including phenoxy) is 1. The highest BCUT2D eigenvalue weighted by atomic mass is 35.5. The highest BCUT2D eigenvalue weighted by Gasteiger charge is 2.22. The van der Waals surface area contributed by atoms with Crippen LogP contribution in [-0.2, 0) is 18.3 Å². The fourth-order valence-corrected chi connectivity index (χ4v) is 2.82. The lowest BCUT2D eigenvalue weighted by atomic mass is 10.5. The first-order valence-corrected chi connectivity index (χ1v) is 8.43. The third kappa shape index (κ3) is 8.15. The average molecular weight is 299 g/mol. The number of alkyl halides is 1. The molecule has 4 nitrogen and oxygen atoms in total.